The predicted molar refractivity (Wildman–Crippen MR) is 113 cm³/mol. The van der Waals surface area contributed by atoms with Crippen molar-refractivity contribution < 1.29 is 19.1 Å². The van der Waals surface area contributed by atoms with E-state index in [4.69, 9.17) is 9.47 Å². The van der Waals surface area contributed by atoms with Gasteiger partial charge in [-0.3, -0.25) is 9.69 Å². The van der Waals surface area contributed by atoms with Gasteiger partial charge in [-0.1, -0.05) is 6.07 Å². The molecule has 0 unspecified atom stereocenters. The van der Waals surface area contributed by atoms with Gasteiger partial charge in [0.05, 0.1) is 24.1 Å². The standard InChI is InChI=1S/C22H22N2O4S/c1-14-5-8-19(11-15(14)2)24(16(3)25)22-23-18(13-29-22)12-28-21(26)17-6-9-20(27-4)10-7-17/h5-11,13H,12H2,1-4H3. The SMILES string of the molecule is COc1ccc(C(=O)OCc2csc(N(C(C)=O)c3ccc(C)c(C)c3)n2)cc1. The second-order valence-electron chi connectivity index (χ2n) is 6.55. The van der Waals surface area contributed by atoms with Crippen molar-refractivity contribution in [3.8, 4) is 5.75 Å². The van der Waals surface area contributed by atoms with Crippen molar-refractivity contribution in [2.75, 3.05) is 12.0 Å². The third-order valence-electron chi connectivity index (χ3n) is 4.47. The lowest BCUT2D eigenvalue weighted by atomic mass is 10.1. The van der Waals surface area contributed by atoms with Gasteiger partial charge >= 0.3 is 5.97 Å². The Morgan fingerprint density at radius 3 is 2.41 bits per heavy atom. The molecule has 3 aromatic rings. The van der Waals surface area contributed by atoms with Crippen LogP contribution >= 0.6 is 11.3 Å². The van der Waals surface area contributed by atoms with Crippen molar-refractivity contribution in [3.05, 3.63) is 70.2 Å². The number of carbonyl (C=O) groups excluding carboxylic acids is 2. The van der Waals surface area contributed by atoms with E-state index in [1.165, 1.54) is 18.3 Å². The van der Waals surface area contributed by atoms with Crippen molar-refractivity contribution in [1.29, 1.82) is 0 Å². The predicted octanol–water partition coefficient (Wildman–Crippen LogP) is 4.81. The number of aryl methyl sites for hydroxylation is 2. The summed E-state index contributed by atoms with van der Waals surface area (Å²) in [5.41, 5.74) is 4.03. The Bertz CT molecular complexity index is 1030. The van der Waals surface area contributed by atoms with E-state index in [1.807, 2.05) is 32.0 Å². The third-order valence-corrected chi connectivity index (χ3v) is 5.35. The molecule has 0 saturated carbocycles. The summed E-state index contributed by atoms with van der Waals surface area (Å²) >= 11 is 1.33. The van der Waals surface area contributed by atoms with Gasteiger partial charge in [0.2, 0.25) is 5.91 Å². The summed E-state index contributed by atoms with van der Waals surface area (Å²) in [6.07, 6.45) is 0. The average Bonchev–Trinajstić information content (AvgIpc) is 3.17. The number of methoxy groups -OCH3 is 1. The van der Waals surface area contributed by atoms with Crippen molar-refractivity contribution in [2.24, 2.45) is 0 Å². The number of benzene rings is 2. The molecule has 0 aliphatic carbocycles. The van der Waals surface area contributed by atoms with Gasteiger partial charge in [0.25, 0.3) is 0 Å². The van der Waals surface area contributed by atoms with Gasteiger partial charge in [-0.25, -0.2) is 9.78 Å². The van der Waals surface area contributed by atoms with Crippen LogP contribution in [0.15, 0.2) is 47.8 Å². The number of carbonyl (C=O) groups is 2. The molecule has 2 aromatic carbocycles. The monoisotopic (exact) mass is 410 g/mol. The van der Waals surface area contributed by atoms with Crippen molar-refractivity contribution in [3.63, 3.8) is 0 Å². The normalized spacial score (nSPS) is 10.5. The van der Waals surface area contributed by atoms with Crippen molar-refractivity contribution >= 4 is 34.0 Å². The topological polar surface area (TPSA) is 68.7 Å². The molecule has 6 nitrogen and oxygen atoms in total. The van der Waals surface area contributed by atoms with Gasteiger partial charge in [-0.15, -0.1) is 11.3 Å². The Kier molecular flexibility index (Phi) is 6.29. The minimum absolute atomic E-state index is 0.0278. The van der Waals surface area contributed by atoms with E-state index in [-0.39, 0.29) is 12.5 Å². The number of thiazole rings is 1. The van der Waals surface area contributed by atoms with E-state index in [0.29, 0.717) is 22.1 Å². The first kappa shape index (κ1) is 20.5. The smallest absolute Gasteiger partial charge is 0.338 e. The maximum absolute atomic E-state index is 12.3. The summed E-state index contributed by atoms with van der Waals surface area (Å²) < 4.78 is 10.4. The largest absolute Gasteiger partial charge is 0.497 e. The highest BCUT2D eigenvalue weighted by Gasteiger charge is 2.19. The minimum atomic E-state index is -0.445. The van der Waals surface area contributed by atoms with Crippen LogP contribution in [0.4, 0.5) is 10.8 Å². The second kappa shape index (κ2) is 8.87. The maximum atomic E-state index is 12.3. The molecule has 0 aliphatic heterocycles. The van der Waals surface area contributed by atoms with Crippen molar-refractivity contribution in [1.82, 2.24) is 4.98 Å². The van der Waals surface area contributed by atoms with E-state index in [2.05, 4.69) is 4.98 Å². The Balaban J connectivity index is 1.71. The van der Waals surface area contributed by atoms with Crippen LogP contribution in [0, 0.1) is 13.8 Å². The van der Waals surface area contributed by atoms with Gasteiger partial charge in [-0.2, -0.15) is 0 Å². The molecule has 150 valence electrons. The lowest BCUT2D eigenvalue weighted by molar-refractivity contribution is -0.115. The molecule has 0 saturated heterocycles. The summed E-state index contributed by atoms with van der Waals surface area (Å²) in [7, 11) is 1.56. The molecule has 0 fully saturated rings. The molecule has 29 heavy (non-hydrogen) atoms. The number of aromatic nitrogens is 1. The van der Waals surface area contributed by atoms with Crippen LogP contribution in [0.25, 0.3) is 0 Å². The first-order valence-electron chi connectivity index (χ1n) is 9.02. The van der Waals surface area contributed by atoms with E-state index in [9.17, 15) is 9.59 Å². The average molecular weight is 410 g/mol. The number of hydrogen-bond donors (Lipinski definition) is 0. The van der Waals surface area contributed by atoms with E-state index in [0.717, 1.165) is 16.8 Å². The lowest BCUT2D eigenvalue weighted by Crippen LogP contribution is -2.22. The summed E-state index contributed by atoms with van der Waals surface area (Å²) in [5, 5.41) is 2.32. The molecule has 0 spiro atoms. The quantitative estimate of drug-likeness (QED) is 0.546. The fourth-order valence-electron chi connectivity index (χ4n) is 2.71. The lowest BCUT2D eigenvalue weighted by Gasteiger charge is -2.19. The fourth-order valence-corrected chi connectivity index (χ4v) is 3.58. The Hall–Kier alpha value is -3.19. The number of amides is 1. The Morgan fingerprint density at radius 2 is 1.79 bits per heavy atom. The zero-order valence-corrected chi connectivity index (χ0v) is 17.6. The van der Waals surface area contributed by atoms with E-state index >= 15 is 0 Å². The number of anilines is 2. The Labute approximate surface area is 173 Å². The Morgan fingerprint density at radius 1 is 1.07 bits per heavy atom. The highest BCUT2D eigenvalue weighted by Crippen LogP contribution is 2.30. The molecule has 1 aromatic heterocycles. The first-order chi connectivity index (χ1) is 13.9. The van der Waals surface area contributed by atoms with Crippen LogP contribution in [0.3, 0.4) is 0 Å². The van der Waals surface area contributed by atoms with Crippen LogP contribution in [0.5, 0.6) is 5.75 Å². The summed E-state index contributed by atoms with van der Waals surface area (Å²) in [6.45, 7) is 5.55. The van der Waals surface area contributed by atoms with Gasteiger partial charge in [0, 0.05) is 12.3 Å². The molecule has 0 aliphatic rings. The molecular weight excluding hydrogens is 388 g/mol. The van der Waals surface area contributed by atoms with Crippen LogP contribution < -0.4 is 9.64 Å². The molecule has 1 heterocycles. The molecule has 0 N–H and O–H groups in total. The maximum Gasteiger partial charge on any atom is 0.338 e. The summed E-state index contributed by atoms with van der Waals surface area (Å²) in [6, 6.07) is 12.5. The zero-order valence-electron chi connectivity index (χ0n) is 16.8. The number of hydrogen-bond acceptors (Lipinski definition) is 6. The number of esters is 1. The summed E-state index contributed by atoms with van der Waals surface area (Å²) in [5.74, 6) is 0.0885. The van der Waals surface area contributed by atoms with Crippen molar-refractivity contribution in [2.45, 2.75) is 27.4 Å². The minimum Gasteiger partial charge on any atom is -0.497 e. The van der Waals surface area contributed by atoms with Gasteiger partial charge < -0.3 is 9.47 Å². The van der Waals surface area contributed by atoms with Crippen LogP contribution in [0.2, 0.25) is 0 Å². The number of ether oxygens (including phenoxy) is 2. The molecule has 0 atom stereocenters. The van der Waals surface area contributed by atoms with Crippen LogP contribution in [0.1, 0.15) is 34.1 Å². The summed E-state index contributed by atoms with van der Waals surface area (Å²) in [4.78, 5) is 30.5. The van der Waals surface area contributed by atoms with Crippen LogP contribution in [-0.2, 0) is 16.1 Å². The first-order valence-corrected chi connectivity index (χ1v) is 9.90. The molecular formula is C22H22N2O4S. The van der Waals surface area contributed by atoms with Gasteiger partial charge in [0.15, 0.2) is 5.13 Å². The van der Waals surface area contributed by atoms with Gasteiger partial charge in [0.1, 0.15) is 12.4 Å². The molecule has 0 radical (unpaired) electrons. The second-order valence-corrected chi connectivity index (χ2v) is 7.39. The molecule has 7 heteroatoms. The molecule has 0 bridgehead atoms. The number of nitrogens with zero attached hydrogens (tertiary/aromatic N) is 2. The molecule has 3 rings (SSSR count). The van der Waals surface area contributed by atoms with Crippen LogP contribution in [-0.4, -0.2) is 24.0 Å². The van der Waals surface area contributed by atoms with E-state index in [1.54, 1.807) is 41.7 Å². The van der Waals surface area contributed by atoms with Gasteiger partial charge in [-0.05, 0) is 61.4 Å². The zero-order chi connectivity index (χ0) is 21.0. The number of rotatable bonds is 6. The van der Waals surface area contributed by atoms with E-state index < -0.39 is 5.97 Å². The highest BCUT2D eigenvalue weighted by atomic mass is 32.1. The third kappa shape index (κ3) is 4.81. The fraction of sp³-hybridized carbons (Fsp3) is 0.227. The molecule has 1 amide bonds. The highest BCUT2D eigenvalue weighted by molar-refractivity contribution is 7.14.